The molecule has 0 fully saturated rings. The average Bonchev–Trinajstić information content (AvgIpc) is 3.21. The molecule has 5 nitrogen and oxygen atoms in total. The van der Waals surface area contributed by atoms with E-state index in [-0.39, 0.29) is 34.7 Å². The Morgan fingerprint density at radius 1 is 1.11 bits per heavy atom. The number of alkyl halides is 3. The molecule has 0 bridgehead atoms. The van der Waals surface area contributed by atoms with Gasteiger partial charge in [-0.25, -0.2) is 9.97 Å². The molecular formula is C19H16F3N3O2S. The molecule has 0 aliphatic rings. The summed E-state index contributed by atoms with van der Waals surface area (Å²) < 4.78 is 44.4. The van der Waals surface area contributed by atoms with E-state index in [9.17, 15) is 18.0 Å². The van der Waals surface area contributed by atoms with Gasteiger partial charge in [0.05, 0.1) is 6.26 Å². The predicted octanol–water partition coefficient (Wildman–Crippen LogP) is 4.55. The summed E-state index contributed by atoms with van der Waals surface area (Å²) in [6, 6.07) is 13.3. The lowest BCUT2D eigenvalue weighted by Gasteiger charge is -2.09. The Kier molecular flexibility index (Phi) is 6.35. The summed E-state index contributed by atoms with van der Waals surface area (Å²) in [5.41, 5.74) is -0.0407. The molecule has 2 heterocycles. The Balaban J connectivity index is 1.60. The lowest BCUT2D eigenvalue weighted by atomic mass is 10.2. The predicted molar refractivity (Wildman–Crippen MR) is 98.4 cm³/mol. The Morgan fingerprint density at radius 3 is 2.57 bits per heavy atom. The third-order valence-corrected chi connectivity index (χ3v) is 4.51. The number of carbonyl (C=O) groups is 1. The van der Waals surface area contributed by atoms with Crippen molar-refractivity contribution in [1.82, 2.24) is 15.3 Å². The molecule has 0 aliphatic carbocycles. The minimum Gasteiger partial charge on any atom is -0.463 e. The molecule has 0 spiro atoms. The van der Waals surface area contributed by atoms with E-state index in [4.69, 9.17) is 4.42 Å². The summed E-state index contributed by atoms with van der Waals surface area (Å²) in [6.45, 7) is 0.396. The molecule has 9 heteroatoms. The van der Waals surface area contributed by atoms with Crippen LogP contribution in [0.3, 0.4) is 0 Å². The van der Waals surface area contributed by atoms with Crippen LogP contribution in [-0.2, 0) is 17.5 Å². The molecule has 0 radical (unpaired) electrons. The number of benzene rings is 1. The fourth-order valence-electron chi connectivity index (χ4n) is 2.31. The van der Waals surface area contributed by atoms with E-state index in [1.165, 1.54) is 12.3 Å². The fraction of sp³-hybridized carbons (Fsp3) is 0.211. The van der Waals surface area contributed by atoms with Crippen molar-refractivity contribution in [3.05, 3.63) is 66.1 Å². The number of amides is 1. The lowest BCUT2D eigenvalue weighted by molar-refractivity contribution is -0.141. The number of hydrogen-bond acceptors (Lipinski definition) is 5. The second kappa shape index (κ2) is 8.92. The maximum Gasteiger partial charge on any atom is 0.433 e. The third-order valence-electron chi connectivity index (χ3n) is 3.66. The van der Waals surface area contributed by atoms with Crippen molar-refractivity contribution in [2.45, 2.75) is 24.3 Å². The van der Waals surface area contributed by atoms with Gasteiger partial charge >= 0.3 is 6.18 Å². The molecule has 0 saturated heterocycles. The van der Waals surface area contributed by atoms with Crippen LogP contribution < -0.4 is 5.32 Å². The molecule has 2 aromatic heterocycles. The summed E-state index contributed by atoms with van der Waals surface area (Å²) >= 11 is 0.987. The Bertz CT molecular complexity index is 916. The molecule has 1 aromatic carbocycles. The molecule has 0 saturated carbocycles. The van der Waals surface area contributed by atoms with Gasteiger partial charge in [-0.3, -0.25) is 4.79 Å². The van der Waals surface area contributed by atoms with E-state index in [0.29, 0.717) is 6.54 Å². The molecule has 0 atom stereocenters. The minimum absolute atomic E-state index is 0.0448. The van der Waals surface area contributed by atoms with Crippen LogP contribution in [0.15, 0.2) is 64.4 Å². The first-order chi connectivity index (χ1) is 13.4. The van der Waals surface area contributed by atoms with Gasteiger partial charge in [-0.1, -0.05) is 42.1 Å². The monoisotopic (exact) mass is 407 g/mol. The van der Waals surface area contributed by atoms with Crippen LogP contribution in [0.4, 0.5) is 13.2 Å². The van der Waals surface area contributed by atoms with Crippen LogP contribution in [-0.4, -0.2) is 21.6 Å². The number of thioether (sulfide) groups is 1. The number of rotatable bonds is 7. The molecule has 3 rings (SSSR count). The number of nitrogens with one attached hydrogen (secondary N) is 1. The van der Waals surface area contributed by atoms with Crippen molar-refractivity contribution in [2.75, 3.05) is 5.75 Å². The van der Waals surface area contributed by atoms with Gasteiger partial charge in [0.15, 0.2) is 10.9 Å². The first kappa shape index (κ1) is 19.9. The Morgan fingerprint density at radius 2 is 1.89 bits per heavy atom. The van der Waals surface area contributed by atoms with Crippen LogP contribution in [0, 0.1) is 0 Å². The Hall–Kier alpha value is -2.81. The quantitative estimate of drug-likeness (QED) is 0.460. The zero-order chi connectivity index (χ0) is 20.0. The number of nitrogens with zero attached hydrogens (tertiary/aromatic N) is 2. The molecular weight excluding hydrogens is 391 g/mol. The second-order valence-corrected chi connectivity index (χ2v) is 6.82. The van der Waals surface area contributed by atoms with Gasteiger partial charge in [0.2, 0.25) is 5.91 Å². The normalized spacial score (nSPS) is 11.4. The average molecular weight is 407 g/mol. The van der Waals surface area contributed by atoms with Crippen molar-refractivity contribution >= 4 is 17.7 Å². The van der Waals surface area contributed by atoms with E-state index in [2.05, 4.69) is 15.3 Å². The number of aromatic nitrogens is 2. The second-order valence-electron chi connectivity index (χ2n) is 5.76. The zero-order valence-electron chi connectivity index (χ0n) is 14.6. The van der Waals surface area contributed by atoms with E-state index in [0.717, 1.165) is 23.4 Å². The molecule has 0 unspecified atom stereocenters. The van der Waals surface area contributed by atoms with Crippen LogP contribution in [0.2, 0.25) is 0 Å². The van der Waals surface area contributed by atoms with Crippen molar-refractivity contribution in [3.63, 3.8) is 0 Å². The SMILES string of the molecule is O=C(CCSc1nc(-c2ccco2)cc(C(F)(F)F)n1)NCc1ccccc1. The fourth-order valence-corrected chi connectivity index (χ4v) is 3.10. The summed E-state index contributed by atoms with van der Waals surface area (Å²) in [5.74, 6) is 0.268. The molecule has 1 N–H and O–H groups in total. The highest BCUT2D eigenvalue weighted by Crippen LogP contribution is 2.32. The third kappa shape index (κ3) is 5.59. The number of furan rings is 1. The highest BCUT2D eigenvalue weighted by molar-refractivity contribution is 7.99. The molecule has 28 heavy (non-hydrogen) atoms. The molecule has 0 aliphatic heterocycles. The van der Waals surface area contributed by atoms with Crippen molar-refractivity contribution in [1.29, 1.82) is 0 Å². The van der Waals surface area contributed by atoms with Gasteiger partial charge in [0, 0.05) is 18.7 Å². The molecule has 3 aromatic rings. The van der Waals surface area contributed by atoms with E-state index < -0.39 is 11.9 Å². The molecule has 146 valence electrons. The maximum absolute atomic E-state index is 13.1. The van der Waals surface area contributed by atoms with Crippen LogP contribution in [0.1, 0.15) is 17.7 Å². The van der Waals surface area contributed by atoms with Gasteiger partial charge in [-0.05, 0) is 23.8 Å². The van der Waals surface area contributed by atoms with Crippen molar-refractivity contribution in [3.8, 4) is 11.5 Å². The molecule has 1 amide bonds. The minimum atomic E-state index is -4.60. The number of carbonyl (C=O) groups excluding carboxylic acids is 1. The van der Waals surface area contributed by atoms with Crippen LogP contribution in [0.5, 0.6) is 0 Å². The van der Waals surface area contributed by atoms with Crippen molar-refractivity contribution < 1.29 is 22.4 Å². The van der Waals surface area contributed by atoms with Gasteiger partial charge in [0.1, 0.15) is 11.4 Å². The highest BCUT2D eigenvalue weighted by Gasteiger charge is 2.34. The first-order valence-electron chi connectivity index (χ1n) is 8.35. The van der Waals surface area contributed by atoms with Gasteiger partial charge in [0.25, 0.3) is 0 Å². The van der Waals surface area contributed by atoms with Crippen molar-refractivity contribution in [2.24, 2.45) is 0 Å². The first-order valence-corrected chi connectivity index (χ1v) is 9.34. The van der Waals surface area contributed by atoms with Gasteiger partial charge in [-0.2, -0.15) is 13.2 Å². The van der Waals surface area contributed by atoms with E-state index in [1.54, 1.807) is 6.07 Å². The smallest absolute Gasteiger partial charge is 0.433 e. The standard InChI is InChI=1S/C19H16F3N3O2S/c20-19(21,22)16-11-14(15-7-4-9-27-15)24-18(25-16)28-10-8-17(26)23-12-13-5-2-1-3-6-13/h1-7,9,11H,8,10,12H2,(H,23,26). The van der Waals surface area contributed by atoms with E-state index >= 15 is 0 Å². The Labute approximate surface area is 163 Å². The lowest BCUT2D eigenvalue weighted by Crippen LogP contribution is -2.23. The van der Waals surface area contributed by atoms with Crippen LogP contribution >= 0.6 is 11.8 Å². The van der Waals surface area contributed by atoms with E-state index in [1.807, 2.05) is 30.3 Å². The highest BCUT2D eigenvalue weighted by atomic mass is 32.2. The zero-order valence-corrected chi connectivity index (χ0v) is 15.4. The summed E-state index contributed by atoms with van der Waals surface area (Å²) in [5, 5.41) is 2.71. The maximum atomic E-state index is 13.1. The summed E-state index contributed by atoms with van der Waals surface area (Å²) in [6.07, 6.45) is -3.12. The van der Waals surface area contributed by atoms with Gasteiger partial charge in [-0.15, -0.1) is 0 Å². The van der Waals surface area contributed by atoms with Crippen LogP contribution in [0.25, 0.3) is 11.5 Å². The largest absolute Gasteiger partial charge is 0.463 e. The summed E-state index contributed by atoms with van der Waals surface area (Å²) in [7, 11) is 0. The number of hydrogen-bond donors (Lipinski definition) is 1. The number of halogens is 3. The topological polar surface area (TPSA) is 68.0 Å². The van der Waals surface area contributed by atoms with Gasteiger partial charge < -0.3 is 9.73 Å². The summed E-state index contributed by atoms with van der Waals surface area (Å²) in [4.78, 5) is 19.6.